The predicted octanol–water partition coefficient (Wildman–Crippen LogP) is 2.80. The van der Waals surface area contributed by atoms with E-state index < -0.39 is 0 Å². The van der Waals surface area contributed by atoms with Gasteiger partial charge in [0.2, 0.25) is 11.8 Å². The standard InChI is InChI=1S/C27H27N3O3/c1-18-5-4-6-21(13-18)19-8-10-20(11-9-19)27-23-15-29(16-26(33)30(23)24(27)17-31)25(32)14-22-7-2-3-12-28-22/h2-13,23-24,27,31H,14-17H2,1H3/t23-,24-,27+/m1/s1. The molecule has 3 heterocycles. The molecule has 2 fully saturated rings. The van der Waals surface area contributed by atoms with Gasteiger partial charge in [-0.15, -0.1) is 0 Å². The van der Waals surface area contributed by atoms with E-state index in [1.54, 1.807) is 16.0 Å². The molecule has 2 aliphatic rings. The Morgan fingerprint density at radius 2 is 1.88 bits per heavy atom. The number of pyridine rings is 1. The SMILES string of the molecule is Cc1cccc(-c2ccc([C@@H]3[C@@H](CO)N4C(=O)CN(C(=O)Cc5ccccn5)C[C@H]34)cc2)c1. The van der Waals surface area contributed by atoms with Crippen molar-refractivity contribution in [3.63, 3.8) is 0 Å². The lowest BCUT2D eigenvalue weighted by molar-refractivity contribution is -0.166. The molecule has 168 valence electrons. The van der Waals surface area contributed by atoms with Crippen LogP contribution >= 0.6 is 0 Å². The van der Waals surface area contributed by atoms with E-state index in [-0.39, 0.29) is 49.4 Å². The Balaban J connectivity index is 1.35. The molecule has 3 atom stereocenters. The van der Waals surface area contributed by atoms with E-state index in [1.165, 1.54) is 5.56 Å². The molecular weight excluding hydrogens is 414 g/mol. The van der Waals surface area contributed by atoms with Gasteiger partial charge in [-0.1, -0.05) is 60.2 Å². The first-order valence-electron chi connectivity index (χ1n) is 11.3. The summed E-state index contributed by atoms with van der Waals surface area (Å²) in [7, 11) is 0. The lowest BCUT2D eigenvalue weighted by atomic mass is 9.73. The fourth-order valence-electron chi connectivity index (χ4n) is 5.18. The van der Waals surface area contributed by atoms with Crippen molar-refractivity contribution in [1.82, 2.24) is 14.8 Å². The monoisotopic (exact) mass is 441 g/mol. The highest BCUT2D eigenvalue weighted by Crippen LogP contribution is 2.43. The molecule has 0 unspecified atom stereocenters. The largest absolute Gasteiger partial charge is 0.394 e. The fourth-order valence-corrected chi connectivity index (χ4v) is 5.18. The number of hydrogen-bond acceptors (Lipinski definition) is 4. The van der Waals surface area contributed by atoms with Crippen LogP contribution < -0.4 is 0 Å². The first-order chi connectivity index (χ1) is 16.0. The highest BCUT2D eigenvalue weighted by molar-refractivity contribution is 5.88. The third-order valence-corrected chi connectivity index (χ3v) is 6.81. The minimum atomic E-state index is -0.250. The molecule has 2 saturated heterocycles. The zero-order valence-electron chi connectivity index (χ0n) is 18.6. The number of piperazine rings is 1. The maximum absolute atomic E-state index is 12.9. The number of aryl methyl sites for hydroxylation is 1. The number of benzene rings is 2. The van der Waals surface area contributed by atoms with Crippen LogP contribution in [0.2, 0.25) is 0 Å². The van der Waals surface area contributed by atoms with E-state index in [1.807, 2.05) is 24.3 Å². The van der Waals surface area contributed by atoms with E-state index in [0.29, 0.717) is 12.2 Å². The summed E-state index contributed by atoms with van der Waals surface area (Å²) in [5.41, 5.74) is 5.28. The van der Waals surface area contributed by atoms with Crippen molar-refractivity contribution in [2.75, 3.05) is 19.7 Å². The number of amides is 2. The van der Waals surface area contributed by atoms with Gasteiger partial charge < -0.3 is 14.9 Å². The summed E-state index contributed by atoms with van der Waals surface area (Å²) in [6, 6.07) is 21.8. The highest BCUT2D eigenvalue weighted by Gasteiger charge is 2.54. The first-order valence-corrected chi connectivity index (χ1v) is 11.3. The van der Waals surface area contributed by atoms with Crippen molar-refractivity contribution in [3.8, 4) is 11.1 Å². The van der Waals surface area contributed by atoms with Crippen LogP contribution in [0.5, 0.6) is 0 Å². The summed E-state index contributed by atoms with van der Waals surface area (Å²) < 4.78 is 0. The second-order valence-electron chi connectivity index (χ2n) is 8.91. The third kappa shape index (κ3) is 4.02. The summed E-state index contributed by atoms with van der Waals surface area (Å²) in [5.74, 6) is -0.203. The van der Waals surface area contributed by atoms with Gasteiger partial charge in [0.1, 0.15) is 0 Å². The number of fused-ring (bicyclic) bond motifs is 1. The van der Waals surface area contributed by atoms with Crippen molar-refractivity contribution in [3.05, 3.63) is 89.7 Å². The van der Waals surface area contributed by atoms with Gasteiger partial charge in [0, 0.05) is 24.4 Å². The number of hydrogen-bond donors (Lipinski definition) is 1. The highest BCUT2D eigenvalue weighted by atomic mass is 16.3. The molecule has 0 aliphatic carbocycles. The molecule has 2 aliphatic heterocycles. The quantitative estimate of drug-likeness (QED) is 0.661. The summed E-state index contributed by atoms with van der Waals surface area (Å²) >= 11 is 0. The van der Waals surface area contributed by atoms with Crippen molar-refractivity contribution >= 4 is 11.8 Å². The molecule has 6 nitrogen and oxygen atoms in total. The molecule has 0 bridgehead atoms. The lowest BCUT2D eigenvalue weighted by Gasteiger charge is -2.58. The zero-order chi connectivity index (χ0) is 22.9. The topological polar surface area (TPSA) is 73.7 Å². The van der Waals surface area contributed by atoms with Crippen LogP contribution in [0.15, 0.2) is 72.9 Å². The van der Waals surface area contributed by atoms with Gasteiger partial charge in [-0.05, 0) is 35.7 Å². The van der Waals surface area contributed by atoms with Gasteiger partial charge in [0.05, 0.1) is 31.7 Å². The first kappa shape index (κ1) is 21.3. The van der Waals surface area contributed by atoms with Crippen LogP contribution in [0.3, 0.4) is 0 Å². The Morgan fingerprint density at radius 1 is 1.06 bits per heavy atom. The number of aliphatic hydroxyl groups is 1. The fraction of sp³-hybridized carbons (Fsp3) is 0.296. The van der Waals surface area contributed by atoms with Crippen molar-refractivity contribution < 1.29 is 14.7 Å². The molecular formula is C27H27N3O3. The normalized spacial score (nSPS) is 22.0. The number of aliphatic hydroxyl groups excluding tert-OH is 1. The molecule has 1 N–H and O–H groups in total. The molecule has 3 aromatic rings. The molecule has 1 aromatic heterocycles. The molecule has 33 heavy (non-hydrogen) atoms. The van der Waals surface area contributed by atoms with Crippen LogP contribution in [0.4, 0.5) is 0 Å². The average Bonchev–Trinajstić information content (AvgIpc) is 2.81. The van der Waals surface area contributed by atoms with Gasteiger partial charge in [0.15, 0.2) is 0 Å². The molecule has 2 aromatic carbocycles. The number of rotatable bonds is 5. The van der Waals surface area contributed by atoms with Crippen molar-refractivity contribution in [1.29, 1.82) is 0 Å². The second-order valence-corrected chi connectivity index (χ2v) is 8.91. The van der Waals surface area contributed by atoms with Gasteiger partial charge in [0.25, 0.3) is 0 Å². The van der Waals surface area contributed by atoms with Crippen LogP contribution in [-0.4, -0.2) is 63.5 Å². The summed E-state index contributed by atoms with van der Waals surface area (Å²) in [6.07, 6.45) is 1.85. The average molecular weight is 442 g/mol. The Labute approximate surface area is 193 Å². The van der Waals surface area contributed by atoms with Crippen LogP contribution in [0.25, 0.3) is 11.1 Å². The summed E-state index contributed by atoms with van der Waals surface area (Å²) in [5, 5.41) is 10.0. The predicted molar refractivity (Wildman–Crippen MR) is 125 cm³/mol. The van der Waals surface area contributed by atoms with E-state index in [9.17, 15) is 14.7 Å². The van der Waals surface area contributed by atoms with E-state index in [2.05, 4.69) is 54.4 Å². The van der Waals surface area contributed by atoms with Gasteiger partial charge >= 0.3 is 0 Å². The van der Waals surface area contributed by atoms with Crippen molar-refractivity contribution in [2.45, 2.75) is 31.3 Å². The number of nitrogens with zero attached hydrogens (tertiary/aromatic N) is 3. The van der Waals surface area contributed by atoms with Gasteiger partial charge in [-0.25, -0.2) is 0 Å². The molecule has 0 radical (unpaired) electrons. The van der Waals surface area contributed by atoms with Crippen molar-refractivity contribution in [2.24, 2.45) is 0 Å². The molecule has 0 saturated carbocycles. The smallest absolute Gasteiger partial charge is 0.242 e. The van der Waals surface area contributed by atoms with Gasteiger partial charge in [-0.2, -0.15) is 0 Å². The van der Waals surface area contributed by atoms with E-state index in [0.717, 1.165) is 16.7 Å². The Bertz CT molecular complexity index is 1160. The third-order valence-electron chi connectivity index (χ3n) is 6.81. The van der Waals surface area contributed by atoms with Crippen LogP contribution in [0, 0.1) is 6.92 Å². The minimum Gasteiger partial charge on any atom is -0.394 e. The number of aromatic nitrogens is 1. The Hall–Kier alpha value is -3.51. The number of carbonyl (C=O) groups is 2. The van der Waals surface area contributed by atoms with E-state index >= 15 is 0 Å². The lowest BCUT2D eigenvalue weighted by Crippen LogP contribution is -2.73. The van der Waals surface area contributed by atoms with Crippen LogP contribution in [0.1, 0.15) is 22.7 Å². The molecule has 6 heteroatoms. The summed E-state index contributed by atoms with van der Waals surface area (Å²) in [6.45, 7) is 2.51. The second kappa shape index (κ2) is 8.79. The molecule has 0 spiro atoms. The maximum atomic E-state index is 12.9. The van der Waals surface area contributed by atoms with E-state index in [4.69, 9.17) is 0 Å². The Kier molecular flexibility index (Phi) is 5.68. The number of carbonyl (C=O) groups excluding carboxylic acids is 2. The van der Waals surface area contributed by atoms with Crippen LogP contribution in [-0.2, 0) is 16.0 Å². The molecule has 2 amide bonds. The molecule has 5 rings (SSSR count). The Morgan fingerprint density at radius 3 is 2.58 bits per heavy atom. The minimum absolute atomic E-state index is 0.00374. The summed E-state index contributed by atoms with van der Waals surface area (Å²) in [4.78, 5) is 33.4. The zero-order valence-corrected chi connectivity index (χ0v) is 18.6. The van der Waals surface area contributed by atoms with Gasteiger partial charge in [-0.3, -0.25) is 14.6 Å². The maximum Gasteiger partial charge on any atom is 0.242 e.